The first-order valence-electron chi connectivity index (χ1n) is 20.7. The van der Waals surface area contributed by atoms with Crippen LogP contribution in [-0.4, -0.2) is 0 Å². The van der Waals surface area contributed by atoms with E-state index in [-0.39, 0.29) is 16.2 Å². The van der Waals surface area contributed by atoms with Crippen LogP contribution in [0.4, 0.5) is 17.1 Å². The Hall–Kier alpha value is -5.96. The lowest BCUT2D eigenvalue weighted by molar-refractivity contribution is 0.591. The van der Waals surface area contributed by atoms with Crippen LogP contribution in [0.25, 0.3) is 64.3 Å². The van der Waals surface area contributed by atoms with Crippen LogP contribution in [0.3, 0.4) is 0 Å². The Bertz CT molecular complexity index is 3170. The minimum atomic E-state index is -0.0697. The summed E-state index contributed by atoms with van der Waals surface area (Å²) in [4.78, 5) is 2.53. The number of hydrogen-bond donors (Lipinski definition) is 0. The molecule has 0 aliphatic heterocycles. The minimum Gasteiger partial charge on any atom is -0.310 e. The van der Waals surface area contributed by atoms with Gasteiger partial charge in [-0.15, -0.1) is 11.3 Å². The van der Waals surface area contributed by atoms with Gasteiger partial charge in [0, 0.05) is 47.9 Å². The van der Waals surface area contributed by atoms with Gasteiger partial charge in [0.05, 0.1) is 5.69 Å². The number of thiophene rings is 1. The van der Waals surface area contributed by atoms with Crippen LogP contribution >= 0.6 is 11.3 Å². The van der Waals surface area contributed by atoms with Crippen LogP contribution in [-0.2, 0) is 16.2 Å². The van der Waals surface area contributed by atoms with Crippen molar-refractivity contribution < 1.29 is 0 Å². The molecule has 0 radical (unpaired) electrons. The molecule has 1 heterocycles. The smallest absolute Gasteiger partial charge is 0.0546 e. The van der Waals surface area contributed by atoms with Crippen molar-refractivity contribution in [3.8, 4) is 33.4 Å². The van der Waals surface area contributed by atoms with E-state index in [1.807, 2.05) is 11.3 Å². The highest BCUT2D eigenvalue weighted by molar-refractivity contribution is 7.25. The summed E-state index contributed by atoms with van der Waals surface area (Å²) in [6.45, 7) is 16.4. The van der Waals surface area contributed by atoms with E-state index in [4.69, 9.17) is 0 Å². The average Bonchev–Trinajstić information content (AvgIpc) is 3.79. The van der Waals surface area contributed by atoms with E-state index in [2.05, 4.69) is 211 Å². The Balaban J connectivity index is 1.18. The lowest BCUT2D eigenvalue weighted by atomic mass is 9.82. The van der Waals surface area contributed by atoms with Gasteiger partial charge in [0.15, 0.2) is 0 Å². The van der Waals surface area contributed by atoms with E-state index in [0.717, 1.165) is 11.4 Å². The second kappa shape index (κ2) is 12.3. The first-order chi connectivity index (χ1) is 27.9. The summed E-state index contributed by atoms with van der Waals surface area (Å²) in [5, 5.41) is 5.13. The van der Waals surface area contributed by atoms with Gasteiger partial charge in [-0.3, -0.25) is 0 Å². The molecule has 282 valence electrons. The van der Waals surface area contributed by atoms with E-state index in [1.54, 1.807) is 0 Å². The molecule has 0 amide bonds. The summed E-state index contributed by atoms with van der Waals surface area (Å²) >= 11 is 1.91. The summed E-state index contributed by atoms with van der Waals surface area (Å²) in [6, 6.07) is 60.2. The first-order valence-corrected chi connectivity index (χ1v) is 21.5. The number of nitrogens with zero attached hydrogens (tertiary/aromatic N) is 1. The number of hydrogen-bond acceptors (Lipinski definition) is 2. The van der Waals surface area contributed by atoms with Crippen molar-refractivity contribution in [2.45, 2.75) is 64.7 Å². The fourth-order valence-electron chi connectivity index (χ4n) is 10.3. The Morgan fingerprint density at radius 2 is 1.00 bits per heavy atom. The summed E-state index contributed by atoms with van der Waals surface area (Å²) in [6.07, 6.45) is 0. The molecule has 0 fully saturated rings. The lowest BCUT2D eigenvalue weighted by Crippen LogP contribution is -2.15. The molecule has 11 rings (SSSR count). The van der Waals surface area contributed by atoms with Gasteiger partial charge < -0.3 is 4.90 Å². The Kier molecular flexibility index (Phi) is 7.45. The molecule has 0 atom stereocenters. The van der Waals surface area contributed by atoms with Crippen LogP contribution in [0.15, 0.2) is 158 Å². The molecule has 0 unspecified atom stereocenters. The Labute approximate surface area is 346 Å². The standard InChI is InChI=1S/C56H47NS/c1-54(2,3)36-22-25-42-43-26-23-38(33-52(43)58-51(42)31-36)57(37-24-28-49-45(32-37)41-17-11-13-19-47(41)56(49,6)7)50-29-21-34-14-8-9-15-39(34)53(50)35-20-27-48-44(30-35)40-16-10-12-18-46(40)55(48,4)5/h8-33H,1-7H3. The molecule has 1 aromatic heterocycles. The molecular weight excluding hydrogens is 719 g/mol. The third kappa shape index (κ3) is 5.07. The molecule has 0 saturated heterocycles. The predicted octanol–water partition coefficient (Wildman–Crippen LogP) is 16.3. The Morgan fingerprint density at radius 1 is 0.448 bits per heavy atom. The van der Waals surface area contributed by atoms with Crippen LogP contribution in [0, 0.1) is 0 Å². The summed E-state index contributed by atoms with van der Waals surface area (Å²) < 4.78 is 2.64. The maximum Gasteiger partial charge on any atom is 0.0546 e. The summed E-state index contributed by atoms with van der Waals surface area (Å²) in [5.74, 6) is 0. The van der Waals surface area contributed by atoms with E-state index < -0.39 is 0 Å². The highest BCUT2D eigenvalue weighted by atomic mass is 32.1. The van der Waals surface area contributed by atoms with Crippen molar-refractivity contribution in [2.24, 2.45) is 0 Å². The summed E-state index contributed by atoms with van der Waals surface area (Å²) in [5.41, 5.74) is 18.2. The molecule has 8 aromatic carbocycles. The third-order valence-electron chi connectivity index (χ3n) is 13.4. The highest BCUT2D eigenvalue weighted by Gasteiger charge is 2.37. The number of benzene rings is 8. The average molecular weight is 766 g/mol. The van der Waals surface area contributed by atoms with Crippen molar-refractivity contribution in [3.05, 3.63) is 186 Å². The second-order valence-electron chi connectivity index (χ2n) is 18.6. The topological polar surface area (TPSA) is 3.24 Å². The SMILES string of the molecule is CC(C)(C)c1ccc2c(c1)sc1cc(N(c3ccc4c(c3)-c3ccccc3C4(C)C)c3ccc4ccccc4c3-c3ccc4c(c3)-c3ccccc3C4(C)C)ccc12. The van der Waals surface area contributed by atoms with Crippen LogP contribution in [0.2, 0.25) is 0 Å². The van der Waals surface area contributed by atoms with E-state index in [1.165, 1.54) is 97.8 Å². The zero-order valence-electron chi connectivity index (χ0n) is 34.4. The van der Waals surface area contributed by atoms with Crippen LogP contribution in [0.1, 0.15) is 76.3 Å². The van der Waals surface area contributed by atoms with Gasteiger partial charge in [0.25, 0.3) is 0 Å². The van der Waals surface area contributed by atoms with E-state index >= 15 is 0 Å². The van der Waals surface area contributed by atoms with Crippen molar-refractivity contribution in [1.82, 2.24) is 0 Å². The molecule has 0 bridgehead atoms. The maximum atomic E-state index is 2.53. The summed E-state index contributed by atoms with van der Waals surface area (Å²) in [7, 11) is 0. The van der Waals surface area contributed by atoms with Crippen molar-refractivity contribution in [1.29, 1.82) is 0 Å². The quantitative estimate of drug-likeness (QED) is 0.172. The zero-order chi connectivity index (χ0) is 39.7. The maximum absolute atomic E-state index is 2.53. The van der Waals surface area contributed by atoms with Gasteiger partial charge in [-0.05, 0) is 114 Å². The fourth-order valence-corrected chi connectivity index (χ4v) is 11.4. The highest BCUT2D eigenvalue weighted by Crippen LogP contribution is 2.54. The first kappa shape index (κ1) is 35.2. The van der Waals surface area contributed by atoms with Gasteiger partial charge in [0.1, 0.15) is 0 Å². The third-order valence-corrected chi connectivity index (χ3v) is 14.5. The van der Waals surface area contributed by atoms with Gasteiger partial charge in [-0.2, -0.15) is 0 Å². The van der Waals surface area contributed by atoms with Crippen molar-refractivity contribution in [2.75, 3.05) is 4.90 Å². The van der Waals surface area contributed by atoms with Crippen molar-refractivity contribution in [3.63, 3.8) is 0 Å². The molecule has 0 spiro atoms. The van der Waals surface area contributed by atoms with Gasteiger partial charge >= 0.3 is 0 Å². The van der Waals surface area contributed by atoms with Gasteiger partial charge in [-0.25, -0.2) is 0 Å². The fraction of sp³-hybridized carbons (Fsp3) is 0.179. The largest absolute Gasteiger partial charge is 0.310 e. The molecule has 2 aliphatic rings. The predicted molar refractivity (Wildman–Crippen MR) is 251 cm³/mol. The molecule has 2 aliphatic carbocycles. The van der Waals surface area contributed by atoms with Gasteiger partial charge in [-0.1, -0.05) is 164 Å². The lowest BCUT2D eigenvalue weighted by Gasteiger charge is -2.30. The van der Waals surface area contributed by atoms with E-state index in [9.17, 15) is 0 Å². The number of anilines is 3. The normalized spacial score (nSPS) is 14.7. The van der Waals surface area contributed by atoms with E-state index in [0.29, 0.717) is 0 Å². The second-order valence-corrected chi connectivity index (χ2v) is 19.7. The molecule has 9 aromatic rings. The minimum absolute atomic E-state index is 0.0557. The van der Waals surface area contributed by atoms with Gasteiger partial charge in [0.2, 0.25) is 0 Å². The molecular formula is C56H47NS. The Morgan fingerprint density at radius 3 is 1.71 bits per heavy atom. The monoisotopic (exact) mass is 765 g/mol. The molecule has 0 saturated carbocycles. The zero-order valence-corrected chi connectivity index (χ0v) is 35.2. The number of fused-ring (bicyclic) bond motifs is 10. The molecule has 58 heavy (non-hydrogen) atoms. The molecule has 2 heteroatoms. The van der Waals surface area contributed by atoms with Crippen LogP contribution in [0.5, 0.6) is 0 Å². The van der Waals surface area contributed by atoms with Crippen molar-refractivity contribution >= 4 is 59.3 Å². The number of rotatable bonds is 4. The molecule has 0 N–H and O–H groups in total. The van der Waals surface area contributed by atoms with Crippen LogP contribution < -0.4 is 4.90 Å². The molecule has 1 nitrogen and oxygen atoms in total.